The molecule has 3 rings (SSSR count). The summed E-state index contributed by atoms with van der Waals surface area (Å²) < 4.78 is 13.2. The van der Waals surface area contributed by atoms with Crippen molar-refractivity contribution in [3.05, 3.63) is 35.6 Å². The smallest absolute Gasteiger partial charge is 0.244 e. The van der Waals surface area contributed by atoms with Gasteiger partial charge in [-0.3, -0.25) is 14.6 Å². The molecule has 5 nitrogen and oxygen atoms in total. The summed E-state index contributed by atoms with van der Waals surface area (Å²) in [6, 6.07) is 5.94. The molecule has 0 unspecified atom stereocenters. The highest BCUT2D eigenvalue weighted by Crippen LogP contribution is 2.23. The highest BCUT2D eigenvalue weighted by Gasteiger charge is 2.31. The number of likely N-dealkylation sites (tertiary alicyclic amines) is 1. The summed E-state index contributed by atoms with van der Waals surface area (Å²) in [4.78, 5) is 21.9. The molecule has 150 valence electrons. The second kappa shape index (κ2) is 9.13. The van der Waals surface area contributed by atoms with Crippen LogP contribution in [0.5, 0.6) is 0 Å². The fraction of sp³-hybridized carbons (Fsp3) is 0.667. The van der Waals surface area contributed by atoms with Crippen molar-refractivity contribution in [2.45, 2.75) is 18.9 Å². The van der Waals surface area contributed by atoms with Crippen LogP contribution in [0.3, 0.4) is 0 Å². The van der Waals surface area contributed by atoms with E-state index in [0.717, 1.165) is 44.2 Å². The number of rotatable bonds is 5. The third-order valence-electron chi connectivity index (χ3n) is 5.97. The van der Waals surface area contributed by atoms with Crippen molar-refractivity contribution in [2.75, 3.05) is 67.0 Å². The van der Waals surface area contributed by atoms with E-state index in [4.69, 9.17) is 0 Å². The van der Waals surface area contributed by atoms with Crippen LogP contribution in [0.15, 0.2) is 24.3 Å². The molecule has 1 aromatic carbocycles. The topological polar surface area (TPSA) is 30.0 Å². The molecule has 2 saturated heterocycles. The SMILES string of the molecule is CN1CCC(CN2CCN(C(=O)[C@H](c3ccc(F)cc3)N(C)C)CC2)CC1. The number of benzene rings is 1. The summed E-state index contributed by atoms with van der Waals surface area (Å²) in [5.74, 6) is 0.633. The van der Waals surface area contributed by atoms with E-state index >= 15 is 0 Å². The van der Waals surface area contributed by atoms with Gasteiger partial charge in [0.05, 0.1) is 0 Å². The highest BCUT2D eigenvalue weighted by atomic mass is 19.1. The number of carbonyl (C=O) groups excluding carboxylic acids is 1. The number of nitrogens with zero attached hydrogens (tertiary/aromatic N) is 4. The lowest BCUT2D eigenvalue weighted by Crippen LogP contribution is -2.52. The molecule has 0 aliphatic carbocycles. The maximum Gasteiger partial charge on any atom is 0.244 e. The molecule has 2 heterocycles. The molecule has 6 heteroatoms. The van der Waals surface area contributed by atoms with Crippen LogP contribution in [0.4, 0.5) is 4.39 Å². The van der Waals surface area contributed by atoms with E-state index in [1.807, 2.05) is 23.9 Å². The van der Waals surface area contributed by atoms with Crippen LogP contribution in [0.1, 0.15) is 24.4 Å². The first-order valence-corrected chi connectivity index (χ1v) is 10.1. The Hall–Kier alpha value is -1.50. The monoisotopic (exact) mass is 376 g/mol. The van der Waals surface area contributed by atoms with Gasteiger partial charge in [0, 0.05) is 32.7 Å². The van der Waals surface area contributed by atoms with Crippen molar-refractivity contribution in [1.29, 1.82) is 0 Å². The first-order chi connectivity index (χ1) is 12.9. The Kier molecular flexibility index (Phi) is 6.84. The van der Waals surface area contributed by atoms with Gasteiger partial charge in [0.1, 0.15) is 11.9 Å². The standard InChI is InChI=1S/C21H33FN4O/c1-23(2)20(18-4-6-19(22)7-5-18)21(27)26-14-12-25(13-15-26)16-17-8-10-24(3)11-9-17/h4-7,17,20H,8-16H2,1-3H3/t20-/m0/s1. The Morgan fingerprint density at radius 1 is 1.07 bits per heavy atom. The van der Waals surface area contributed by atoms with Crippen molar-refractivity contribution in [1.82, 2.24) is 19.6 Å². The summed E-state index contributed by atoms with van der Waals surface area (Å²) in [6.07, 6.45) is 2.56. The zero-order valence-corrected chi connectivity index (χ0v) is 16.9. The van der Waals surface area contributed by atoms with E-state index in [-0.39, 0.29) is 17.8 Å². The first-order valence-electron chi connectivity index (χ1n) is 10.1. The fourth-order valence-electron chi connectivity index (χ4n) is 4.24. The van der Waals surface area contributed by atoms with E-state index in [1.54, 1.807) is 12.1 Å². The van der Waals surface area contributed by atoms with E-state index < -0.39 is 0 Å². The van der Waals surface area contributed by atoms with Crippen LogP contribution >= 0.6 is 0 Å². The minimum atomic E-state index is -0.356. The maximum atomic E-state index is 13.2. The molecule has 1 aromatic rings. The predicted molar refractivity (Wildman–Crippen MR) is 106 cm³/mol. The minimum absolute atomic E-state index is 0.116. The van der Waals surface area contributed by atoms with E-state index in [0.29, 0.717) is 0 Å². The molecule has 27 heavy (non-hydrogen) atoms. The van der Waals surface area contributed by atoms with Gasteiger partial charge in [-0.15, -0.1) is 0 Å². The molecule has 0 bridgehead atoms. The molecule has 2 fully saturated rings. The molecule has 0 radical (unpaired) electrons. The summed E-state index contributed by atoms with van der Waals surface area (Å²) in [6.45, 7) is 7.00. The Labute approximate surface area is 162 Å². The van der Waals surface area contributed by atoms with Gasteiger partial charge in [-0.2, -0.15) is 0 Å². The van der Waals surface area contributed by atoms with Crippen molar-refractivity contribution in [3.63, 3.8) is 0 Å². The second-order valence-corrected chi connectivity index (χ2v) is 8.29. The molecule has 0 spiro atoms. The lowest BCUT2D eigenvalue weighted by molar-refractivity contribution is -0.138. The number of piperidine rings is 1. The predicted octanol–water partition coefficient (Wildman–Crippen LogP) is 1.91. The van der Waals surface area contributed by atoms with E-state index in [1.165, 1.54) is 38.1 Å². The second-order valence-electron chi connectivity index (χ2n) is 8.29. The van der Waals surface area contributed by atoms with Crippen LogP contribution in [0, 0.1) is 11.7 Å². The Morgan fingerprint density at radius 3 is 2.22 bits per heavy atom. The van der Waals surface area contributed by atoms with Gasteiger partial charge < -0.3 is 9.80 Å². The quantitative estimate of drug-likeness (QED) is 0.785. The van der Waals surface area contributed by atoms with Gasteiger partial charge in [-0.05, 0) is 70.7 Å². The van der Waals surface area contributed by atoms with Gasteiger partial charge in [0.15, 0.2) is 0 Å². The average Bonchev–Trinajstić information content (AvgIpc) is 2.65. The van der Waals surface area contributed by atoms with Crippen LogP contribution in [-0.4, -0.2) is 92.5 Å². The van der Waals surface area contributed by atoms with Gasteiger partial charge in [0.25, 0.3) is 0 Å². The third kappa shape index (κ3) is 5.27. The van der Waals surface area contributed by atoms with Gasteiger partial charge in [-0.25, -0.2) is 4.39 Å². The summed E-state index contributed by atoms with van der Waals surface area (Å²) >= 11 is 0. The first kappa shape index (κ1) is 20.2. The number of hydrogen-bond donors (Lipinski definition) is 0. The van der Waals surface area contributed by atoms with Crippen LogP contribution in [0.25, 0.3) is 0 Å². The van der Waals surface area contributed by atoms with E-state index in [9.17, 15) is 9.18 Å². The van der Waals surface area contributed by atoms with Crippen LogP contribution in [-0.2, 0) is 4.79 Å². The molecule has 0 aromatic heterocycles. The summed E-state index contributed by atoms with van der Waals surface area (Å²) in [5.41, 5.74) is 0.847. The van der Waals surface area contributed by atoms with Crippen molar-refractivity contribution in [2.24, 2.45) is 5.92 Å². The summed E-state index contributed by atoms with van der Waals surface area (Å²) in [7, 11) is 6.01. The van der Waals surface area contributed by atoms with E-state index in [2.05, 4.69) is 16.8 Å². The van der Waals surface area contributed by atoms with Crippen LogP contribution in [0.2, 0.25) is 0 Å². The molecule has 1 amide bonds. The number of hydrogen-bond acceptors (Lipinski definition) is 4. The minimum Gasteiger partial charge on any atom is -0.338 e. The molecule has 0 N–H and O–H groups in total. The number of piperazine rings is 1. The molecule has 0 saturated carbocycles. The number of likely N-dealkylation sites (N-methyl/N-ethyl adjacent to an activating group) is 1. The van der Waals surface area contributed by atoms with Crippen molar-refractivity contribution >= 4 is 5.91 Å². The third-order valence-corrected chi connectivity index (χ3v) is 5.97. The zero-order chi connectivity index (χ0) is 19.4. The molecule has 2 aliphatic heterocycles. The van der Waals surface area contributed by atoms with Gasteiger partial charge in [0.2, 0.25) is 5.91 Å². The lowest BCUT2D eigenvalue weighted by Gasteiger charge is -2.40. The zero-order valence-electron chi connectivity index (χ0n) is 16.9. The molecular formula is C21H33FN4O. The Bertz CT molecular complexity index is 605. The Balaban J connectivity index is 1.54. The summed E-state index contributed by atoms with van der Waals surface area (Å²) in [5, 5.41) is 0. The Morgan fingerprint density at radius 2 is 1.67 bits per heavy atom. The highest BCUT2D eigenvalue weighted by molar-refractivity contribution is 5.83. The number of amides is 1. The van der Waals surface area contributed by atoms with Crippen LogP contribution < -0.4 is 0 Å². The fourth-order valence-corrected chi connectivity index (χ4v) is 4.24. The molecule has 1 atom stereocenters. The number of carbonyl (C=O) groups is 1. The molecule has 2 aliphatic rings. The van der Waals surface area contributed by atoms with Gasteiger partial charge in [-0.1, -0.05) is 12.1 Å². The molecular weight excluding hydrogens is 343 g/mol. The van der Waals surface area contributed by atoms with Crippen molar-refractivity contribution < 1.29 is 9.18 Å². The maximum absolute atomic E-state index is 13.2. The van der Waals surface area contributed by atoms with Crippen molar-refractivity contribution in [3.8, 4) is 0 Å². The number of halogens is 1. The van der Waals surface area contributed by atoms with Gasteiger partial charge >= 0.3 is 0 Å². The normalized spacial score (nSPS) is 21.6. The lowest BCUT2D eigenvalue weighted by atomic mass is 9.96. The largest absolute Gasteiger partial charge is 0.338 e. The average molecular weight is 377 g/mol.